The van der Waals surface area contributed by atoms with Gasteiger partial charge in [0.1, 0.15) is 0 Å². The van der Waals surface area contributed by atoms with Gasteiger partial charge >= 0.3 is 0 Å². The number of nitrogens with zero attached hydrogens (tertiary/aromatic N) is 2. The van der Waals surface area contributed by atoms with Gasteiger partial charge in [-0.15, -0.1) is 12.4 Å². The molecule has 2 rings (SSSR count). The van der Waals surface area contributed by atoms with Gasteiger partial charge in [-0.05, 0) is 37.5 Å². The monoisotopic (exact) mass is 347 g/mol. The van der Waals surface area contributed by atoms with Crippen LogP contribution in [0.1, 0.15) is 18.9 Å². The van der Waals surface area contributed by atoms with Crippen molar-refractivity contribution in [3.05, 3.63) is 23.8 Å². The fourth-order valence-electron chi connectivity index (χ4n) is 2.51. The van der Waals surface area contributed by atoms with E-state index in [4.69, 9.17) is 5.73 Å². The summed E-state index contributed by atoms with van der Waals surface area (Å²) in [5.74, 6) is -0.235. The Balaban J connectivity index is 0.00000242. The summed E-state index contributed by atoms with van der Waals surface area (Å²) in [6.07, 6.45) is 1.67. The molecule has 8 heteroatoms. The maximum atomic E-state index is 12.4. The predicted octanol–water partition coefficient (Wildman–Crippen LogP) is 1.25. The highest BCUT2D eigenvalue weighted by Gasteiger charge is 2.26. The number of rotatable bonds is 4. The number of benzene rings is 1. The minimum atomic E-state index is -3.36. The van der Waals surface area contributed by atoms with E-state index in [1.807, 2.05) is 18.2 Å². The number of hydrogen-bond donors (Lipinski definition) is 1. The number of halogens is 1. The third-order valence-corrected chi connectivity index (χ3v) is 5.59. The molecule has 0 saturated carbocycles. The molecule has 22 heavy (non-hydrogen) atoms. The fourth-order valence-corrected chi connectivity index (χ4v) is 3.25. The summed E-state index contributed by atoms with van der Waals surface area (Å²) < 4.78 is 24.6. The zero-order valence-corrected chi connectivity index (χ0v) is 14.4. The lowest BCUT2D eigenvalue weighted by molar-refractivity contribution is -0.118. The van der Waals surface area contributed by atoms with Crippen molar-refractivity contribution in [3.63, 3.8) is 0 Å². The van der Waals surface area contributed by atoms with Gasteiger partial charge in [-0.1, -0.05) is 6.07 Å². The summed E-state index contributed by atoms with van der Waals surface area (Å²) in [6, 6.07) is 5.49. The standard InChI is InChI=1S/C14H21N3O3S.ClH/c1-3-21(19,20)16(2)10-14(18)17-9-5-6-11-12(15)7-4-8-13(11)17;/h4,7-8H,3,5-6,9-10,15H2,1-2H3;1H. The third kappa shape index (κ3) is 3.71. The van der Waals surface area contributed by atoms with E-state index in [1.54, 1.807) is 11.8 Å². The summed E-state index contributed by atoms with van der Waals surface area (Å²) in [6.45, 7) is 2.01. The number of hydrogen-bond acceptors (Lipinski definition) is 4. The van der Waals surface area contributed by atoms with E-state index in [9.17, 15) is 13.2 Å². The minimum Gasteiger partial charge on any atom is -0.398 e. The maximum absolute atomic E-state index is 12.4. The lowest BCUT2D eigenvalue weighted by atomic mass is 10.00. The number of likely N-dealkylation sites (N-methyl/N-ethyl adjacent to an activating group) is 1. The van der Waals surface area contributed by atoms with Crippen molar-refractivity contribution in [2.24, 2.45) is 0 Å². The van der Waals surface area contributed by atoms with Crippen LogP contribution in [0.5, 0.6) is 0 Å². The molecule has 0 radical (unpaired) electrons. The van der Waals surface area contributed by atoms with Crippen molar-refractivity contribution >= 4 is 39.7 Å². The first-order valence-corrected chi connectivity index (χ1v) is 8.59. The van der Waals surface area contributed by atoms with Crippen molar-refractivity contribution < 1.29 is 13.2 Å². The Morgan fingerprint density at radius 2 is 2.09 bits per heavy atom. The Labute approximate surface area is 137 Å². The van der Waals surface area contributed by atoms with Crippen LogP contribution in [0.3, 0.4) is 0 Å². The van der Waals surface area contributed by atoms with Crippen LogP contribution in [0.4, 0.5) is 11.4 Å². The van der Waals surface area contributed by atoms with Gasteiger partial charge in [0.25, 0.3) is 0 Å². The Kier molecular flexibility index (Phi) is 6.22. The number of carbonyl (C=O) groups is 1. The van der Waals surface area contributed by atoms with Crippen LogP contribution in [0, 0.1) is 0 Å². The van der Waals surface area contributed by atoms with E-state index in [-0.39, 0.29) is 30.6 Å². The van der Waals surface area contributed by atoms with Crippen LogP contribution in [0.2, 0.25) is 0 Å². The van der Waals surface area contributed by atoms with E-state index in [0.29, 0.717) is 12.2 Å². The quantitative estimate of drug-likeness (QED) is 0.831. The zero-order valence-electron chi connectivity index (χ0n) is 12.8. The fraction of sp³-hybridized carbons (Fsp3) is 0.500. The molecule has 1 aliphatic heterocycles. The molecule has 0 saturated heterocycles. The molecule has 124 valence electrons. The largest absolute Gasteiger partial charge is 0.398 e. The van der Waals surface area contributed by atoms with E-state index in [1.165, 1.54) is 7.05 Å². The molecule has 1 aromatic carbocycles. The number of anilines is 2. The van der Waals surface area contributed by atoms with Crippen LogP contribution < -0.4 is 10.6 Å². The van der Waals surface area contributed by atoms with E-state index in [0.717, 1.165) is 28.4 Å². The van der Waals surface area contributed by atoms with Crippen LogP contribution >= 0.6 is 12.4 Å². The summed E-state index contributed by atoms with van der Waals surface area (Å²) >= 11 is 0. The minimum absolute atomic E-state index is 0. The number of carbonyl (C=O) groups excluding carboxylic acids is 1. The molecule has 0 atom stereocenters. The zero-order chi connectivity index (χ0) is 15.6. The Morgan fingerprint density at radius 1 is 1.41 bits per heavy atom. The van der Waals surface area contributed by atoms with Crippen molar-refractivity contribution in [1.82, 2.24) is 4.31 Å². The molecule has 6 nitrogen and oxygen atoms in total. The number of fused-ring (bicyclic) bond motifs is 1. The van der Waals surface area contributed by atoms with Gasteiger partial charge in [0.05, 0.1) is 12.3 Å². The third-order valence-electron chi connectivity index (χ3n) is 3.79. The highest BCUT2D eigenvalue weighted by atomic mass is 35.5. The summed E-state index contributed by atoms with van der Waals surface area (Å²) in [7, 11) is -1.92. The Hall–Kier alpha value is -1.31. The van der Waals surface area contributed by atoms with E-state index in [2.05, 4.69) is 0 Å². The number of amides is 1. The molecule has 0 aliphatic carbocycles. The van der Waals surface area contributed by atoms with Gasteiger partial charge in [0, 0.05) is 25.0 Å². The highest BCUT2D eigenvalue weighted by molar-refractivity contribution is 7.89. The second-order valence-electron chi connectivity index (χ2n) is 5.15. The SMILES string of the molecule is CCS(=O)(=O)N(C)CC(=O)N1CCCc2c(N)cccc21.Cl. The summed E-state index contributed by atoms with van der Waals surface area (Å²) in [5.41, 5.74) is 8.40. The van der Waals surface area contributed by atoms with Gasteiger partial charge in [-0.3, -0.25) is 4.79 Å². The van der Waals surface area contributed by atoms with Crippen molar-refractivity contribution in [2.75, 3.05) is 36.5 Å². The van der Waals surface area contributed by atoms with E-state index < -0.39 is 10.0 Å². The van der Waals surface area contributed by atoms with Crippen LogP contribution in [-0.4, -0.2) is 44.5 Å². The van der Waals surface area contributed by atoms with E-state index >= 15 is 0 Å². The molecule has 0 fully saturated rings. The molecule has 1 aliphatic rings. The van der Waals surface area contributed by atoms with Crippen molar-refractivity contribution in [1.29, 1.82) is 0 Å². The molecule has 0 bridgehead atoms. The normalized spacial score (nSPS) is 14.4. The first kappa shape index (κ1) is 18.7. The summed E-state index contributed by atoms with van der Waals surface area (Å²) in [4.78, 5) is 14.1. The van der Waals surface area contributed by atoms with Gasteiger partial charge in [-0.2, -0.15) is 4.31 Å². The maximum Gasteiger partial charge on any atom is 0.242 e. The Bertz CT molecular complexity index is 649. The molecular weight excluding hydrogens is 326 g/mol. The van der Waals surface area contributed by atoms with Crippen LogP contribution in [-0.2, 0) is 21.2 Å². The average Bonchev–Trinajstić information content (AvgIpc) is 2.47. The van der Waals surface area contributed by atoms with Gasteiger partial charge in [0.2, 0.25) is 15.9 Å². The second-order valence-corrected chi connectivity index (χ2v) is 7.51. The summed E-state index contributed by atoms with van der Waals surface area (Å²) in [5, 5.41) is 0. The first-order chi connectivity index (χ1) is 9.86. The first-order valence-electron chi connectivity index (χ1n) is 6.98. The molecule has 0 unspecified atom stereocenters. The Morgan fingerprint density at radius 3 is 2.73 bits per heavy atom. The molecule has 1 amide bonds. The number of nitrogens with two attached hydrogens (primary N) is 1. The van der Waals surface area contributed by atoms with Gasteiger partial charge in [-0.25, -0.2) is 8.42 Å². The highest BCUT2D eigenvalue weighted by Crippen LogP contribution is 2.31. The molecule has 1 heterocycles. The molecule has 0 spiro atoms. The topological polar surface area (TPSA) is 83.7 Å². The lowest BCUT2D eigenvalue weighted by Crippen LogP contribution is -2.43. The second kappa shape index (κ2) is 7.30. The number of nitrogen functional groups attached to an aromatic ring is 1. The molecule has 1 aromatic rings. The number of sulfonamides is 1. The smallest absolute Gasteiger partial charge is 0.242 e. The van der Waals surface area contributed by atoms with Crippen molar-refractivity contribution in [3.8, 4) is 0 Å². The van der Waals surface area contributed by atoms with Gasteiger partial charge in [0.15, 0.2) is 0 Å². The average molecular weight is 348 g/mol. The van der Waals surface area contributed by atoms with Crippen LogP contribution in [0.25, 0.3) is 0 Å². The van der Waals surface area contributed by atoms with Crippen LogP contribution in [0.15, 0.2) is 18.2 Å². The molecular formula is C14H22ClN3O3S. The predicted molar refractivity (Wildman–Crippen MR) is 90.9 cm³/mol. The van der Waals surface area contributed by atoms with Crippen molar-refractivity contribution in [2.45, 2.75) is 19.8 Å². The molecule has 0 aromatic heterocycles. The lowest BCUT2D eigenvalue weighted by Gasteiger charge is -2.31. The molecule has 2 N–H and O–H groups in total. The van der Waals surface area contributed by atoms with Gasteiger partial charge < -0.3 is 10.6 Å².